The van der Waals surface area contributed by atoms with E-state index in [0.29, 0.717) is 6.04 Å². The summed E-state index contributed by atoms with van der Waals surface area (Å²) in [7, 11) is 0. The number of fused-ring (bicyclic) bond motifs is 1. The zero-order valence-corrected chi connectivity index (χ0v) is 14.4. The van der Waals surface area contributed by atoms with Gasteiger partial charge >= 0.3 is 0 Å². The Hall–Kier alpha value is -1.87. The molecule has 3 aromatic rings. The topological polar surface area (TPSA) is 17.8 Å². The normalized spacial score (nSPS) is 14.1. The molecule has 0 unspecified atom stereocenters. The van der Waals surface area contributed by atoms with Crippen LogP contribution in [0.25, 0.3) is 22.2 Å². The predicted octanol–water partition coefficient (Wildman–Crippen LogP) is 5.52. The number of halogens is 2. The molecule has 23 heavy (non-hydrogen) atoms. The van der Waals surface area contributed by atoms with Gasteiger partial charge in [0, 0.05) is 23.0 Å². The SMILES string of the molecule is Cc1cc(-c2ccc(F)cc2)c2c(n1)c(C)c(C)n2C1CC1.Cl. The van der Waals surface area contributed by atoms with E-state index in [2.05, 4.69) is 24.5 Å². The molecular formula is C19H20ClFN2. The summed E-state index contributed by atoms with van der Waals surface area (Å²) < 4.78 is 15.7. The molecule has 0 bridgehead atoms. The van der Waals surface area contributed by atoms with Gasteiger partial charge in [-0.15, -0.1) is 12.4 Å². The Morgan fingerprint density at radius 1 is 1.09 bits per heavy atom. The van der Waals surface area contributed by atoms with Crippen LogP contribution in [-0.2, 0) is 0 Å². The van der Waals surface area contributed by atoms with Crippen molar-refractivity contribution in [1.29, 1.82) is 0 Å². The number of pyridine rings is 1. The van der Waals surface area contributed by atoms with Gasteiger partial charge in [0.05, 0.1) is 11.0 Å². The first-order valence-electron chi connectivity index (χ1n) is 7.81. The third-order valence-electron chi connectivity index (χ3n) is 4.69. The van der Waals surface area contributed by atoms with Gasteiger partial charge in [0.1, 0.15) is 5.82 Å². The number of benzene rings is 1. The van der Waals surface area contributed by atoms with Gasteiger partial charge in [-0.1, -0.05) is 12.1 Å². The molecule has 2 nitrogen and oxygen atoms in total. The number of nitrogens with zero attached hydrogens (tertiary/aromatic N) is 2. The highest BCUT2D eigenvalue weighted by molar-refractivity contribution is 5.95. The molecular weight excluding hydrogens is 311 g/mol. The fraction of sp³-hybridized carbons (Fsp3) is 0.316. The molecule has 0 radical (unpaired) electrons. The van der Waals surface area contributed by atoms with Crippen LogP contribution in [0.3, 0.4) is 0 Å². The molecule has 1 aromatic carbocycles. The van der Waals surface area contributed by atoms with Crippen LogP contribution in [0.15, 0.2) is 30.3 Å². The van der Waals surface area contributed by atoms with Gasteiger partial charge in [-0.05, 0) is 62.9 Å². The summed E-state index contributed by atoms with van der Waals surface area (Å²) in [5, 5.41) is 0. The van der Waals surface area contributed by atoms with E-state index in [1.54, 1.807) is 0 Å². The lowest BCUT2D eigenvalue weighted by molar-refractivity contribution is 0.628. The molecule has 2 aromatic heterocycles. The van der Waals surface area contributed by atoms with Gasteiger partial charge in [-0.25, -0.2) is 4.39 Å². The Kier molecular flexibility index (Phi) is 3.93. The van der Waals surface area contributed by atoms with E-state index in [0.717, 1.165) is 22.3 Å². The molecule has 4 heteroatoms. The van der Waals surface area contributed by atoms with E-state index in [-0.39, 0.29) is 18.2 Å². The summed E-state index contributed by atoms with van der Waals surface area (Å²) in [4.78, 5) is 4.78. The first-order chi connectivity index (χ1) is 10.6. The highest BCUT2D eigenvalue weighted by atomic mass is 35.5. The summed E-state index contributed by atoms with van der Waals surface area (Å²) in [6.07, 6.45) is 2.47. The summed E-state index contributed by atoms with van der Waals surface area (Å²) >= 11 is 0. The van der Waals surface area contributed by atoms with Crippen LogP contribution in [0.5, 0.6) is 0 Å². The smallest absolute Gasteiger partial charge is 0.123 e. The highest BCUT2D eigenvalue weighted by Gasteiger charge is 2.29. The van der Waals surface area contributed by atoms with Crippen molar-refractivity contribution in [2.45, 2.75) is 39.7 Å². The van der Waals surface area contributed by atoms with Crippen molar-refractivity contribution in [3.8, 4) is 11.1 Å². The molecule has 1 saturated carbocycles. The highest BCUT2D eigenvalue weighted by Crippen LogP contribution is 2.43. The number of aryl methyl sites for hydroxylation is 2. The molecule has 0 aliphatic heterocycles. The molecule has 1 aliphatic carbocycles. The van der Waals surface area contributed by atoms with Crippen molar-refractivity contribution in [3.05, 3.63) is 53.1 Å². The predicted molar refractivity (Wildman–Crippen MR) is 94.9 cm³/mol. The zero-order valence-electron chi connectivity index (χ0n) is 13.6. The van der Waals surface area contributed by atoms with Gasteiger partial charge in [0.2, 0.25) is 0 Å². The fourth-order valence-corrected chi connectivity index (χ4v) is 3.33. The van der Waals surface area contributed by atoms with Crippen LogP contribution >= 0.6 is 12.4 Å². The lowest BCUT2D eigenvalue weighted by Gasteiger charge is -2.11. The molecule has 120 valence electrons. The maximum absolute atomic E-state index is 13.3. The van der Waals surface area contributed by atoms with Crippen molar-refractivity contribution < 1.29 is 4.39 Å². The van der Waals surface area contributed by atoms with Crippen LogP contribution in [0.2, 0.25) is 0 Å². The molecule has 0 saturated heterocycles. The summed E-state index contributed by atoms with van der Waals surface area (Å²) in [6, 6.07) is 9.49. The maximum atomic E-state index is 13.3. The third-order valence-corrected chi connectivity index (χ3v) is 4.69. The summed E-state index contributed by atoms with van der Waals surface area (Å²) in [5.74, 6) is -0.198. The van der Waals surface area contributed by atoms with Gasteiger partial charge in [-0.2, -0.15) is 0 Å². The molecule has 0 spiro atoms. The Balaban J connectivity index is 0.00000156. The summed E-state index contributed by atoms with van der Waals surface area (Å²) in [5.41, 5.74) is 8.07. The van der Waals surface area contributed by atoms with Crippen molar-refractivity contribution in [3.63, 3.8) is 0 Å². The number of hydrogen-bond donors (Lipinski definition) is 0. The average Bonchev–Trinajstić information content (AvgIpc) is 3.29. The Morgan fingerprint density at radius 3 is 2.35 bits per heavy atom. The minimum atomic E-state index is -0.198. The maximum Gasteiger partial charge on any atom is 0.123 e. The quantitative estimate of drug-likeness (QED) is 0.604. The fourth-order valence-electron chi connectivity index (χ4n) is 3.33. The van der Waals surface area contributed by atoms with E-state index < -0.39 is 0 Å². The van der Waals surface area contributed by atoms with Crippen LogP contribution in [0.4, 0.5) is 4.39 Å². The van der Waals surface area contributed by atoms with Crippen molar-refractivity contribution in [2.75, 3.05) is 0 Å². The van der Waals surface area contributed by atoms with E-state index in [1.165, 1.54) is 41.7 Å². The average molecular weight is 331 g/mol. The Bertz CT molecular complexity index is 877. The van der Waals surface area contributed by atoms with Gasteiger partial charge in [0.15, 0.2) is 0 Å². The van der Waals surface area contributed by atoms with Gasteiger partial charge in [-0.3, -0.25) is 4.98 Å². The van der Waals surface area contributed by atoms with Crippen LogP contribution in [-0.4, -0.2) is 9.55 Å². The van der Waals surface area contributed by atoms with Gasteiger partial charge in [0.25, 0.3) is 0 Å². The van der Waals surface area contributed by atoms with E-state index in [9.17, 15) is 4.39 Å². The minimum Gasteiger partial charge on any atom is -0.340 e. The third kappa shape index (κ3) is 2.53. The molecule has 0 atom stereocenters. The second-order valence-corrected chi connectivity index (χ2v) is 6.33. The van der Waals surface area contributed by atoms with Crippen molar-refractivity contribution >= 4 is 23.4 Å². The monoisotopic (exact) mass is 330 g/mol. The van der Waals surface area contributed by atoms with Crippen LogP contribution < -0.4 is 0 Å². The molecule has 1 fully saturated rings. The van der Waals surface area contributed by atoms with Crippen molar-refractivity contribution in [2.24, 2.45) is 0 Å². The Labute approximate surface area is 141 Å². The second kappa shape index (κ2) is 5.64. The van der Waals surface area contributed by atoms with Crippen LogP contribution in [0, 0.1) is 26.6 Å². The molecule has 1 aliphatic rings. The Morgan fingerprint density at radius 2 is 1.74 bits per heavy atom. The number of aromatic nitrogens is 2. The molecule has 0 amide bonds. The minimum absolute atomic E-state index is 0. The first kappa shape index (κ1) is 16.0. The van der Waals surface area contributed by atoms with E-state index >= 15 is 0 Å². The lowest BCUT2D eigenvalue weighted by atomic mass is 10.0. The van der Waals surface area contributed by atoms with Crippen LogP contribution in [0.1, 0.15) is 35.8 Å². The zero-order chi connectivity index (χ0) is 15.4. The van der Waals surface area contributed by atoms with E-state index in [4.69, 9.17) is 4.98 Å². The first-order valence-corrected chi connectivity index (χ1v) is 7.81. The number of hydrogen-bond acceptors (Lipinski definition) is 1. The second-order valence-electron chi connectivity index (χ2n) is 6.33. The van der Waals surface area contributed by atoms with Gasteiger partial charge < -0.3 is 4.57 Å². The standard InChI is InChI=1S/C19H19FN2.ClH/c1-11-10-17(14-4-6-15(20)7-5-14)19-18(21-11)12(2)13(3)22(19)16-8-9-16;/h4-7,10,16H,8-9H2,1-3H3;1H. The number of rotatable bonds is 2. The largest absolute Gasteiger partial charge is 0.340 e. The lowest BCUT2D eigenvalue weighted by Crippen LogP contribution is -1.98. The molecule has 2 heterocycles. The summed E-state index contributed by atoms with van der Waals surface area (Å²) in [6.45, 7) is 6.35. The molecule has 4 rings (SSSR count). The van der Waals surface area contributed by atoms with Crippen molar-refractivity contribution in [1.82, 2.24) is 9.55 Å². The molecule has 0 N–H and O–H groups in total. The van der Waals surface area contributed by atoms with E-state index in [1.807, 2.05) is 19.1 Å².